The van der Waals surface area contributed by atoms with Crippen molar-refractivity contribution in [3.63, 3.8) is 0 Å². The molecule has 16 heavy (non-hydrogen) atoms. The van der Waals surface area contributed by atoms with Crippen molar-refractivity contribution in [1.82, 2.24) is 5.32 Å². The van der Waals surface area contributed by atoms with Crippen molar-refractivity contribution >= 4 is 23.5 Å². The number of nitrogens with one attached hydrogen (secondary N) is 1. The summed E-state index contributed by atoms with van der Waals surface area (Å²) in [6.45, 7) is 2.04. The Hall–Kier alpha value is -0.510. The van der Waals surface area contributed by atoms with E-state index in [9.17, 15) is 9.59 Å². The van der Waals surface area contributed by atoms with Crippen LogP contribution in [0.3, 0.4) is 0 Å². The van der Waals surface area contributed by atoms with Crippen molar-refractivity contribution in [3.8, 4) is 0 Å². The molecule has 0 spiro atoms. The minimum atomic E-state index is -0.221. The van der Waals surface area contributed by atoms with Crippen LogP contribution in [0.1, 0.15) is 45.4 Å². The normalized spacial score (nSPS) is 31.7. The van der Waals surface area contributed by atoms with Crippen LogP contribution in [0.2, 0.25) is 0 Å². The smallest absolute Gasteiger partial charge is 0.236 e. The molecule has 1 aliphatic heterocycles. The molecule has 1 unspecified atom stereocenters. The fourth-order valence-electron chi connectivity index (χ4n) is 2.38. The third-order valence-electron chi connectivity index (χ3n) is 3.58. The summed E-state index contributed by atoms with van der Waals surface area (Å²) in [7, 11) is 0. The van der Waals surface area contributed by atoms with Gasteiger partial charge in [-0.25, -0.2) is 0 Å². The van der Waals surface area contributed by atoms with Crippen LogP contribution in [0.4, 0.5) is 0 Å². The van der Waals surface area contributed by atoms with Crippen LogP contribution in [-0.4, -0.2) is 28.2 Å². The first-order valence-electron chi connectivity index (χ1n) is 6.07. The summed E-state index contributed by atoms with van der Waals surface area (Å²) >= 11 is 1.76. The first-order valence-corrected chi connectivity index (χ1v) is 7.05. The Kier molecular flexibility index (Phi) is 3.57. The predicted molar refractivity (Wildman–Crippen MR) is 65.5 cm³/mol. The van der Waals surface area contributed by atoms with E-state index in [4.69, 9.17) is 0 Å². The first-order chi connectivity index (χ1) is 7.60. The topological polar surface area (TPSA) is 46.2 Å². The maximum atomic E-state index is 12.1. The number of amides is 1. The average molecular weight is 241 g/mol. The largest absolute Gasteiger partial charge is 0.352 e. The summed E-state index contributed by atoms with van der Waals surface area (Å²) in [6, 6.07) is 0.225. The summed E-state index contributed by atoms with van der Waals surface area (Å²) in [5.74, 6) is 1.61. The molecule has 2 fully saturated rings. The van der Waals surface area contributed by atoms with E-state index < -0.39 is 0 Å². The monoisotopic (exact) mass is 241 g/mol. The van der Waals surface area contributed by atoms with Gasteiger partial charge in [0.1, 0.15) is 5.78 Å². The molecule has 1 N–H and O–H groups in total. The molecule has 2 rings (SSSR count). The quantitative estimate of drug-likeness (QED) is 0.803. The highest BCUT2D eigenvalue weighted by molar-refractivity contribution is 8.01. The van der Waals surface area contributed by atoms with Gasteiger partial charge < -0.3 is 5.32 Å². The van der Waals surface area contributed by atoms with Crippen LogP contribution in [0.5, 0.6) is 0 Å². The Bertz CT molecular complexity index is 287. The van der Waals surface area contributed by atoms with E-state index in [1.807, 2.05) is 6.92 Å². The van der Waals surface area contributed by atoms with Gasteiger partial charge in [-0.15, -0.1) is 11.8 Å². The molecule has 1 saturated heterocycles. The van der Waals surface area contributed by atoms with E-state index in [0.717, 1.165) is 31.4 Å². The molecule has 0 aromatic heterocycles. The molecule has 0 aromatic carbocycles. The lowest BCUT2D eigenvalue weighted by atomic mass is 9.93. The van der Waals surface area contributed by atoms with E-state index in [1.54, 1.807) is 11.8 Å². The number of hydrogen-bond donors (Lipinski definition) is 1. The fraction of sp³-hybridized carbons (Fsp3) is 0.833. The molecule has 3 nitrogen and oxygen atoms in total. The standard InChI is InChI=1S/C12H19NO2S/c1-12(7-2-8-16-12)11(15)13-9-3-5-10(14)6-4-9/h9H,2-8H2,1H3,(H,13,15). The lowest BCUT2D eigenvalue weighted by Gasteiger charge is -2.28. The van der Waals surface area contributed by atoms with Crippen molar-refractivity contribution < 1.29 is 9.59 Å². The van der Waals surface area contributed by atoms with Crippen molar-refractivity contribution in [1.29, 1.82) is 0 Å². The Labute approximate surface area is 101 Å². The Morgan fingerprint density at radius 3 is 2.69 bits per heavy atom. The van der Waals surface area contributed by atoms with E-state index in [-0.39, 0.29) is 16.7 Å². The number of thioether (sulfide) groups is 1. The fourth-order valence-corrected chi connectivity index (χ4v) is 3.60. The molecule has 0 aromatic rings. The lowest BCUT2D eigenvalue weighted by molar-refractivity contribution is -0.126. The SMILES string of the molecule is CC1(C(=O)NC2CCC(=O)CC2)CCCS1. The molecule has 4 heteroatoms. The minimum Gasteiger partial charge on any atom is -0.352 e. The zero-order valence-corrected chi connectivity index (χ0v) is 10.6. The maximum Gasteiger partial charge on any atom is 0.236 e. The van der Waals surface area contributed by atoms with Crippen LogP contribution in [-0.2, 0) is 9.59 Å². The lowest BCUT2D eigenvalue weighted by Crippen LogP contribution is -2.46. The molecule has 1 atom stereocenters. The van der Waals surface area contributed by atoms with Gasteiger partial charge in [0.25, 0.3) is 0 Å². The highest BCUT2D eigenvalue weighted by atomic mass is 32.2. The van der Waals surface area contributed by atoms with Crippen LogP contribution in [0, 0.1) is 0 Å². The second-order valence-corrected chi connectivity index (χ2v) is 6.57. The van der Waals surface area contributed by atoms with Gasteiger partial charge >= 0.3 is 0 Å². The molecule has 1 amide bonds. The zero-order valence-electron chi connectivity index (χ0n) is 9.75. The average Bonchev–Trinajstić information content (AvgIpc) is 2.70. The Balaban J connectivity index is 1.85. The van der Waals surface area contributed by atoms with Crippen LogP contribution >= 0.6 is 11.8 Å². The molecule has 90 valence electrons. The van der Waals surface area contributed by atoms with Gasteiger partial charge in [0.2, 0.25) is 5.91 Å². The van der Waals surface area contributed by atoms with E-state index >= 15 is 0 Å². The van der Waals surface area contributed by atoms with Gasteiger partial charge in [-0.1, -0.05) is 0 Å². The van der Waals surface area contributed by atoms with Crippen molar-refractivity contribution in [2.75, 3.05) is 5.75 Å². The second-order valence-electron chi connectivity index (χ2n) is 4.97. The Morgan fingerprint density at radius 2 is 2.12 bits per heavy atom. The van der Waals surface area contributed by atoms with Gasteiger partial charge in [-0.05, 0) is 38.4 Å². The van der Waals surface area contributed by atoms with Gasteiger partial charge in [-0.3, -0.25) is 9.59 Å². The van der Waals surface area contributed by atoms with E-state index in [1.165, 1.54) is 0 Å². The third kappa shape index (κ3) is 2.59. The highest BCUT2D eigenvalue weighted by Crippen LogP contribution is 2.38. The van der Waals surface area contributed by atoms with E-state index in [2.05, 4.69) is 5.32 Å². The number of rotatable bonds is 2. The zero-order chi connectivity index (χ0) is 11.6. The Morgan fingerprint density at radius 1 is 1.44 bits per heavy atom. The minimum absolute atomic E-state index is 0.175. The first kappa shape index (κ1) is 12.0. The van der Waals surface area contributed by atoms with Crippen LogP contribution in [0.15, 0.2) is 0 Å². The number of hydrogen-bond acceptors (Lipinski definition) is 3. The van der Waals surface area contributed by atoms with Crippen molar-refractivity contribution in [2.45, 2.75) is 56.2 Å². The molecule has 1 aliphatic carbocycles. The van der Waals surface area contributed by atoms with Gasteiger partial charge in [-0.2, -0.15) is 0 Å². The van der Waals surface area contributed by atoms with Crippen LogP contribution in [0.25, 0.3) is 0 Å². The molecule has 1 heterocycles. The summed E-state index contributed by atoms with van der Waals surface area (Å²) in [6.07, 6.45) is 5.03. The molecular formula is C12H19NO2S. The summed E-state index contributed by atoms with van der Waals surface area (Å²) in [5.41, 5.74) is 0. The summed E-state index contributed by atoms with van der Waals surface area (Å²) in [4.78, 5) is 23.2. The van der Waals surface area contributed by atoms with E-state index in [0.29, 0.717) is 18.6 Å². The second kappa shape index (κ2) is 4.78. The summed E-state index contributed by atoms with van der Waals surface area (Å²) in [5, 5.41) is 3.11. The molecule has 0 radical (unpaired) electrons. The predicted octanol–water partition coefficient (Wildman–Crippen LogP) is 1.90. The molecule has 0 bridgehead atoms. The number of carbonyl (C=O) groups excluding carboxylic acids is 2. The molecule has 2 aliphatic rings. The number of Topliss-reactive ketones (excluding diaryl/α,β-unsaturated/α-hetero) is 1. The van der Waals surface area contributed by atoms with Gasteiger partial charge in [0.05, 0.1) is 4.75 Å². The maximum absolute atomic E-state index is 12.1. The van der Waals surface area contributed by atoms with Crippen molar-refractivity contribution in [3.05, 3.63) is 0 Å². The van der Waals surface area contributed by atoms with Crippen molar-refractivity contribution in [2.24, 2.45) is 0 Å². The summed E-state index contributed by atoms with van der Waals surface area (Å²) < 4.78 is -0.221. The van der Waals surface area contributed by atoms with Gasteiger partial charge in [0, 0.05) is 18.9 Å². The van der Waals surface area contributed by atoms with Gasteiger partial charge in [0.15, 0.2) is 0 Å². The molecular weight excluding hydrogens is 222 g/mol. The third-order valence-corrected chi connectivity index (χ3v) is 5.10. The van der Waals surface area contributed by atoms with Crippen LogP contribution < -0.4 is 5.32 Å². The highest BCUT2D eigenvalue weighted by Gasteiger charge is 2.38. The number of ketones is 1. The number of carbonyl (C=O) groups is 2. The molecule has 1 saturated carbocycles.